The lowest BCUT2D eigenvalue weighted by atomic mass is 9.85. The smallest absolute Gasteiger partial charge is 0.00507 e. The lowest BCUT2D eigenvalue weighted by Gasteiger charge is -2.32. The van der Waals surface area contributed by atoms with Gasteiger partial charge in [0.05, 0.1) is 0 Å². The highest BCUT2D eigenvalue weighted by molar-refractivity contribution is 4.74. The summed E-state index contributed by atoms with van der Waals surface area (Å²) in [6.45, 7) is 11.7. The van der Waals surface area contributed by atoms with E-state index in [0.717, 1.165) is 12.5 Å². The summed E-state index contributed by atoms with van der Waals surface area (Å²) in [5.74, 6) is 1.01. The van der Waals surface area contributed by atoms with Gasteiger partial charge in [-0.15, -0.1) is 0 Å². The summed E-state index contributed by atoms with van der Waals surface area (Å²) in [5, 5.41) is 3.48. The average molecular weight is 212 g/mol. The zero-order chi connectivity index (χ0) is 11.1. The van der Waals surface area contributed by atoms with Crippen molar-refractivity contribution in [3.63, 3.8) is 0 Å². The molecule has 1 atom stereocenters. The minimum absolute atomic E-state index is 0.672. The van der Waals surface area contributed by atoms with E-state index in [9.17, 15) is 0 Å². The maximum absolute atomic E-state index is 3.48. The summed E-state index contributed by atoms with van der Waals surface area (Å²) < 4.78 is 0. The maximum atomic E-state index is 3.48. The van der Waals surface area contributed by atoms with Crippen LogP contribution in [0, 0.1) is 5.92 Å². The van der Waals surface area contributed by atoms with Gasteiger partial charge < -0.3 is 10.2 Å². The second kappa shape index (κ2) is 7.24. The molecule has 1 saturated carbocycles. The molecule has 1 rings (SSSR count). The first-order chi connectivity index (χ1) is 7.26. The van der Waals surface area contributed by atoms with Crippen LogP contribution in [0.5, 0.6) is 0 Å². The van der Waals surface area contributed by atoms with Gasteiger partial charge in [0.2, 0.25) is 0 Å². The highest BCUT2D eigenvalue weighted by atomic mass is 15.1. The Kier molecular flexibility index (Phi) is 6.26. The first-order valence-corrected chi connectivity index (χ1v) is 6.72. The first-order valence-electron chi connectivity index (χ1n) is 6.72. The van der Waals surface area contributed by atoms with Gasteiger partial charge in [0.15, 0.2) is 0 Å². The third-order valence-corrected chi connectivity index (χ3v) is 3.62. The molecular formula is C13H28N2. The molecule has 2 nitrogen and oxygen atoms in total. The molecule has 0 saturated heterocycles. The minimum atomic E-state index is 0.672. The van der Waals surface area contributed by atoms with Crippen LogP contribution in [0.25, 0.3) is 0 Å². The standard InChI is InChI=1S/C13H28N2/c1-4-14-12(3)9-10-15(5-2)11-13-7-6-8-13/h12-14H,4-11H2,1-3H3. The van der Waals surface area contributed by atoms with Crippen molar-refractivity contribution in [2.45, 2.75) is 52.5 Å². The van der Waals surface area contributed by atoms with Crippen LogP contribution in [-0.2, 0) is 0 Å². The molecule has 1 N–H and O–H groups in total. The number of nitrogens with one attached hydrogen (secondary N) is 1. The maximum Gasteiger partial charge on any atom is 0.00507 e. The third kappa shape index (κ3) is 4.98. The van der Waals surface area contributed by atoms with Crippen molar-refractivity contribution in [1.82, 2.24) is 10.2 Å². The highest BCUT2D eigenvalue weighted by Crippen LogP contribution is 2.27. The number of hydrogen-bond donors (Lipinski definition) is 1. The van der Waals surface area contributed by atoms with Crippen molar-refractivity contribution in [2.75, 3.05) is 26.2 Å². The first kappa shape index (κ1) is 13.0. The Morgan fingerprint density at radius 1 is 1.33 bits per heavy atom. The van der Waals surface area contributed by atoms with Crippen molar-refractivity contribution < 1.29 is 0 Å². The van der Waals surface area contributed by atoms with Gasteiger partial charge in [-0.2, -0.15) is 0 Å². The van der Waals surface area contributed by atoms with E-state index in [1.54, 1.807) is 0 Å². The van der Waals surface area contributed by atoms with E-state index in [-0.39, 0.29) is 0 Å². The molecule has 0 amide bonds. The predicted molar refractivity (Wildman–Crippen MR) is 67.2 cm³/mol. The van der Waals surface area contributed by atoms with Crippen LogP contribution >= 0.6 is 0 Å². The van der Waals surface area contributed by atoms with E-state index in [2.05, 4.69) is 31.0 Å². The number of nitrogens with zero attached hydrogens (tertiary/aromatic N) is 1. The third-order valence-electron chi connectivity index (χ3n) is 3.62. The molecule has 0 radical (unpaired) electrons. The van der Waals surface area contributed by atoms with Gasteiger partial charge in [0.1, 0.15) is 0 Å². The lowest BCUT2D eigenvalue weighted by Crippen LogP contribution is -2.36. The highest BCUT2D eigenvalue weighted by Gasteiger charge is 2.19. The summed E-state index contributed by atoms with van der Waals surface area (Å²) >= 11 is 0. The van der Waals surface area contributed by atoms with Crippen molar-refractivity contribution in [1.29, 1.82) is 0 Å². The average Bonchev–Trinajstić information content (AvgIpc) is 2.16. The summed E-state index contributed by atoms with van der Waals surface area (Å²) in [5.41, 5.74) is 0. The zero-order valence-electron chi connectivity index (χ0n) is 10.8. The normalized spacial score (nSPS) is 19.2. The van der Waals surface area contributed by atoms with Crippen molar-refractivity contribution in [2.24, 2.45) is 5.92 Å². The largest absolute Gasteiger partial charge is 0.314 e. The van der Waals surface area contributed by atoms with Crippen LogP contribution in [0.3, 0.4) is 0 Å². The van der Waals surface area contributed by atoms with Crippen LogP contribution in [0.1, 0.15) is 46.5 Å². The van der Waals surface area contributed by atoms with Crippen molar-refractivity contribution in [3.05, 3.63) is 0 Å². The monoisotopic (exact) mass is 212 g/mol. The topological polar surface area (TPSA) is 15.3 Å². The van der Waals surface area contributed by atoms with E-state index in [4.69, 9.17) is 0 Å². The Hall–Kier alpha value is -0.0800. The van der Waals surface area contributed by atoms with Crippen molar-refractivity contribution >= 4 is 0 Å². The Balaban J connectivity index is 2.09. The van der Waals surface area contributed by atoms with Crippen LogP contribution in [0.15, 0.2) is 0 Å². The molecule has 1 fully saturated rings. The molecular weight excluding hydrogens is 184 g/mol. The Labute approximate surface area is 95.4 Å². The van der Waals surface area contributed by atoms with Gasteiger partial charge in [-0.3, -0.25) is 0 Å². The molecule has 1 aliphatic carbocycles. The van der Waals surface area contributed by atoms with Gasteiger partial charge in [-0.25, -0.2) is 0 Å². The molecule has 90 valence electrons. The fourth-order valence-corrected chi connectivity index (χ4v) is 2.25. The van der Waals surface area contributed by atoms with Crippen LogP contribution < -0.4 is 5.32 Å². The van der Waals surface area contributed by atoms with Gasteiger partial charge in [-0.05, 0) is 51.7 Å². The fraction of sp³-hybridized carbons (Fsp3) is 1.00. The fourth-order valence-electron chi connectivity index (χ4n) is 2.25. The van der Waals surface area contributed by atoms with Gasteiger partial charge in [-0.1, -0.05) is 20.3 Å². The molecule has 1 aliphatic rings. The molecule has 0 heterocycles. The quantitative estimate of drug-likeness (QED) is 0.665. The van der Waals surface area contributed by atoms with Crippen LogP contribution in [0.4, 0.5) is 0 Å². The van der Waals surface area contributed by atoms with Gasteiger partial charge in [0.25, 0.3) is 0 Å². The van der Waals surface area contributed by atoms with E-state index in [1.807, 2.05) is 0 Å². The van der Waals surface area contributed by atoms with E-state index in [0.29, 0.717) is 6.04 Å². The van der Waals surface area contributed by atoms with E-state index >= 15 is 0 Å². The minimum Gasteiger partial charge on any atom is -0.314 e. The van der Waals surface area contributed by atoms with Crippen LogP contribution in [0.2, 0.25) is 0 Å². The second-order valence-electron chi connectivity index (χ2n) is 4.94. The Morgan fingerprint density at radius 3 is 2.53 bits per heavy atom. The van der Waals surface area contributed by atoms with Crippen LogP contribution in [-0.4, -0.2) is 37.1 Å². The van der Waals surface area contributed by atoms with Gasteiger partial charge >= 0.3 is 0 Å². The summed E-state index contributed by atoms with van der Waals surface area (Å²) in [4.78, 5) is 2.62. The second-order valence-corrected chi connectivity index (χ2v) is 4.94. The molecule has 0 aliphatic heterocycles. The molecule has 15 heavy (non-hydrogen) atoms. The summed E-state index contributed by atoms with van der Waals surface area (Å²) in [7, 11) is 0. The number of hydrogen-bond acceptors (Lipinski definition) is 2. The molecule has 0 aromatic rings. The van der Waals surface area contributed by atoms with E-state index in [1.165, 1.54) is 45.3 Å². The van der Waals surface area contributed by atoms with Crippen molar-refractivity contribution in [3.8, 4) is 0 Å². The number of rotatable bonds is 8. The predicted octanol–water partition coefficient (Wildman–Crippen LogP) is 2.50. The van der Waals surface area contributed by atoms with Gasteiger partial charge in [0, 0.05) is 12.6 Å². The Morgan fingerprint density at radius 2 is 2.07 bits per heavy atom. The zero-order valence-corrected chi connectivity index (χ0v) is 10.8. The molecule has 0 bridgehead atoms. The molecule has 2 heteroatoms. The Bertz CT molecular complexity index is 155. The SMILES string of the molecule is CCNC(C)CCN(CC)CC1CCC1. The molecule has 1 unspecified atom stereocenters. The molecule has 0 aromatic heterocycles. The van der Waals surface area contributed by atoms with E-state index < -0.39 is 0 Å². The molecule has 0 spiro atoms. The summed E-state index contributed by atoms with van der Waals surface area (Å²) in [6, 6.07) is 0.672. The lowest BCUT2D eigenvalue weighted by molar-refractivity contribution is 0.178. The molecule has 0 aromatic carbocycles. The summed E-state index contributed by atoms with van der Waals surface area (Å²) in [6.07, 6.45) is 5.70.